The van der Waals surface area contributed by atoms with E-state index in [0.29, 0.717) is 0 Å². The van der Waals surface area contributed by atoms with Gasteiger partial charge in [-0.05, 0) is 34.1 Å². The monoisotopic (exact) mass is 350 g/mol. The number of hydrogen-bond acceptors (Lipinski definition) is 4. The molecule has 0 atom stereocenters. The second-order valence-corrected chi connectivity index (χ2v) is 10.1. The molecule has 0 aromatic heterocycles. The van der Waals surface area contributed by atoms with Gasteiger partial charge in [-0.3, -0.25) is 9.11 Å². The molecule has 0 bridgehead atoms. The number of hydrogen-bond donors (Lipinski definition) is 2. The van der Waals surface area contributed by atoms with Crippen LogP contribution in [0.15, 0.2) is 21.9 Å². The van der Waals surface area contributed by atoms with Gasteiger partial charge in [-0.25, -0.2) is 0 Å². The first kappa shape index (κ1) is 19.1. The van der Waals surface area contributed by atoms with E-state index in [2.05, 4.69) is 0 Å². The topological polar surface area (TPSA) is 109 Å². The quantitative estimate of drug-likeness (QED) is 0.794. The van der Waals surface area contributed by atoms with Gasteiger partial charge in [-0.1, -0.05) is 41.5 Å². The Kier molecular flexibility index (Phi) is 4.59. The maximum absolute atomic E-state index is 11.9. The lowest BCUT2D eigenvalue weighted by Crippen LogP contribution is -2.24. The summed E-state index contributed by atoms with van der Waals surface area (Å²) in [6.45, 7) is 10.2. The Morgan fingerprint density at radius 3 is 1.23 bits per heavy atom. The molecule has 0 saturated heterocycles. The van der Waals surface area contributed by atoms with Crippen molar-refractivity contribution in [1.82, 2.24) is 0 Å². The maximum Gasteiger partial charge on any atom is 0.295 e. The average Bonchev–Trinajstić information content (AvgIpc) is 2.22. The van der Waals surface area contributed by atoms with E-state index in [0.717, 1.165) is 12.1 Å². The zero-order chi connectivity index (χ0) is 17.7. The highest BCUT2D eigenvalue weighted by Crippen LogP contribution is 2.38. The number of rotatable bonds is 2. The summed E-state index contributed by atoms with van der Waals surface area (Å²) in [7, 11) is -9.08. The fourth-order valence-corrected chi connectivity index (χ4v) is 3.96. The van der Waals surface area contributed by atoms with E-state index in [-0.39, 0.29) is 16.0 Å². The molecular weight excluding hydrogens is 328 g/mol. The summed E-state index contributed by atoms with van der Waals surface area (Å²) in [5.41, 5.74) is -1.25. The lowest BCUT2D eigenvalue weighted by atomic mass is 9.80. The molecule has 1 aromatic rings. The SMILES string of the molecule is CC(C)(C)c1cc(S(=O)(=O)O)cc(C(C)(C)C)c1S(=O)(=O)O. The van der Waals surface area contributed by atoms with E-state index in [4.69, 9.17) is 0 Å². The average molecular weight is 350 g/mol. The van der Waals surface area contributed by atoms with Crippen molar-refractivity contribution in [2.75, 3.05) is 0 Å². The second kappa shape index (κ2) is 5.30. The predicted octanol–water partition coefficient (Wildman–Crippen LogP) is 2.78. The van der Waals surface area contributed by atoms with Crippen LogP contribution in [0.1, 0.15) is 52.7 Å². The van der Waals surface area contributed by atoms with E-state index >= 15 is 0 Å². The first-order chi connectivity index (χ1) is 9.45. The van der Waals surface area contributed by atoms with Crippen LogP contribution in [0.5, 0.6) is 0 Å². The largest absolute Gasteiger partial charge is 0.295 e. The fraction of sp³-hybridized carbons (Fsp3) is 0.571. The van der Waals surface area contributed by atoms with Crippen LogP contribution in [0.25, 0.3) is 0 Å². The van der Waals surface area contributed by atoms with E-state index in [1.165, 1.54) is 0 Å². The summed E-state index contributed by atoms with van der Waals surface area (Å²) < 4.78 is 65.7. The molecule has 0 aliphatic carbocycles. The molecule has 6 nitrogen and oxygen atoms in total. The van der Waals surface area contributed by atoms with Crippen molar-refractivity contribution >= 4 is 20.2 Å². The molecule has 0 spiro atoms. The van der Waals surface area contributed by atoms with Crippen molar-refractivity contribution in [2.24, 2.45) is 0 Å². The molecule has 0 aliphatic heterocycles. The van der Waals surface area contributed by atoms with Crippen LogP contribution >= 0.6 is 0 Å². The van der Waals surface area contributed by atoms with Crippen molar-refractivity contribution in [3.05, 3.63) is 23.3 Å². The molecule has 22 heavy (non-hydrogen) atoms. The number of benzene rings is 1. The molecule has 0 unspecified atom stereocenters. The van der Waals surface area contributed by atoms with Crippen LogP contribution < -0.4 is 0 Å². The molecule has 0 fully saturated rings. The summed E-state index contributed by atoms with van der Waals surface area (Å²) in [6, 6.07) is 2.18. The van der Waals surface area contributed by atoms with Gasteiger partial charge < -0.3 is 0 Å². The highest BCUT2D eigenvalue weighted by molar-refractivity contribution is 7.86. The Bertz CT molecular complexity index is 756. The smallest absolute Gasteiger partial charge is 0.282 e. The highest BCUT2D eigenvalue weighted by atomic mass is 32.2. The van der Waals surface area contributed by atoms with Gasteiger partial charge >= 0.3 is 0 Å². The van der Waals surface area contributed by atoms with Gasteiger partial charge in [-0.2, -0.15) is 16.8 Å². The zero-order valence-corrected chi connectivity index (χ0v) is 15.1. The standard InChI is InChI=1S/C14H22O6S2/c1-13(2,3)10-7-9(21(15,16)17)8-11(14(4,5)6)12(10)22(18,19)20/h7-8H,1-6H3,(H,15,16,17)(H,18,19,20). The molecule has 0 radical (unpaired) electrons. The van der Waals surface area contributed by atoms with Gasteiger partial charge in [0.2, 0.25) is 0 Å². The minimum Gasteiger partial charge on any atom is -0.282 e. The van der Waals surface area contributed by atoms with Crippen molar-refractivity contribution in [3.8, 4) is 0 Å². The van der Waals surface area contributed by atoms with E-state index in [1.807, 2.05) is 0 Å². The van der Waals surface area contributed by atoms with Crippen molar-refractivity contribution in [1.29, 1.82) is 0 Å². The highest BCUT2D eigenvalue weighted by Gasteiger charge is 2.34. The first-order valence-electron chi connectivity index (χ1n) is 6.59. The Labute approximate surface area is 132 Å². The fourth-order valence-electron chi connectivity index (χ4n) is 2.14. The molecule has 0 aliphatic rings. The molecule has 0 saturated carbocycles. The lowest BCUT2D eigenvalue weighted by Gasteiger charge is -2.29. The summed E-state index contributed by atoms with van der Waals surface area (Å²) in [5.74, 6) is 0. The Morgan fingerprint density at radius 1 is 0.727 bits per heavy atom. The van der Waals surface area contributed by atoms with Gasteiger partial charge in [0.1, 0.15) is 4.90 Å². The van der Waals surface area contributed by atoms with Crippen molar-refractivity contribution in [3.63, 3.8) is 0 Å². The van der Waals surface area contributed by atoms with E-state index < -0.39 is 36.0 Å². The van der Waals surface area contributed by atoms with Crippen molar-refractivity contribution < 1.29 is 25.9 Å². The predicted molar refractivity (Wildman–Crippen MR) is 83.5 cm³/mol. The Balaban J connectivity index is 4.14. The first-order valence-corrected chi connectivity index (χ1v) is 9.47. The van der Waals surface area contributed by atoms with Crippen LogP contribution in [-0.4, -0.2) is 25.9 Å². The normalized spacial score (nSPS) is 14.2. The van der Waals surface area contributed by atoms with Crippen LogP contribution in [0.2, 0.25) is 0 Å². The van der Waals surface area contributed by atoms with Crippen LogP contribution in [-0.2, 0) is 31.1 Å². The molecule has 2 N–H and O–H groups in total. The minimum atomic E-state index is -4.57. The summed E-state index contributed by atoms with van der Waals surface area (Å²) in [4.78, 5) is -0.699. The van der Waals surface area contributed by atoms with Crippen LogP contribution in [0, 0.1) is 0 Å². The molecular formula is C14H22O6S2. The van der Waals surface area contributed by atoms with Gasteiger partial charge in [-0.15, -0.1) is 0 Å². The minimum absolute atomic E-state index is 0.134. The van der Waals surface area contributed by atoms with Gasteiger partial charge in [0, 0.05) is 0 Å². The van der Waals surface area contributed by atoms with Crippen LogP contribution in [0.3, 0.4) is 0 Å². The van der Waals surface area contributed by atoms with Gasteiger partial charge in [0.05, 0.1) is 4.90 Å². The molecule has 0 amide bonds. The second-order valence-electron chi connectivity index (χ2n) is 7.30. The molecule has 126 valence electrons. The lowest BCUT2D eigenvalue weighted by molar-refractivity contribution is 0.462. The van der Waals surface area contributed by atoms with Gasteiger partial charge in [0.25, 0.3) is 20.2 Å². The molecule has 1 aromatic carbocycles. The summed E-state index contributed by atoms with van der Waals surface area (Å²) >= 11 is 0. The summed E-state index contributed by atoms with van der Waals surface area (Å²) in [5, 5.41) is 0. The Morgan fingerprint density at radius 2 is 1.05 bits per heavy atom. The molecule has 8 heteroatoms. The third kappa shape index (κ3) is 4.07. The zero-order valence-electron chi connectivity index (χ0n) is 13.5. The third-order valence-electron chi connectivity index (χ3n) is 3.23. The van der Waals surface area contributed by atoms with Gasteiger partial charge in [0.15, 0.2) is 0 Å². The molecule has 1 rings (SSSR count). The van der Waals surface area contributed by atoms with E-state index in [1.54, 1.807) is 41.5 Å². The third-order valence-corrected chi connectivity index (χ3v) is 5.02. The summed E-state index contributed by atoms with van der Waals surface area (Å²) in [6.07, 6.45) is 0. The van der Waals surface area contributed by atoms with E-state index in [9.17, 15) is 25.9 Å². The van der Waals surface area contributed by atoms with Crippen LogP contribution in [0.4, 0.5) is 0 Å². The maximum atomic E-state index is 11.9. The van der Waals surface area contributed by atoms with Crippen molar-refractivity contribution in [2.45, 2.75) is 62.2 Å². The molecule has 0 heterocycles. The Hall–Kier alpha value is -0.960.